The summed E-state index contributed by atoms with van der Waals surface area (Å²) >= 11 is 0. The number of carbonyl (C=O) groups is 1. The molecule has 4 rings (SSSR count). The second-order valence-corrected chi connectivity index (χ2v) is 7.79. The fourth-order valence-electron chi connectivity index (χ4n) is 3.71. The Kier molecular flexibility index (Phi) is 4.32. The van der Waals surface area contributed by atoms with Gasteiger partial charge in [-0.05, 0) is 33.3 Å². The smallest absolute Gasteiger partial charge is 0.252 e. The molecule has 26 heavy (non-hydrogen) atoms. The molecule has 7 heteroatoms. The molecule has 1 amide bonds. The van der Waals surface area contributed by atoms with Crippen molar-refractivity contribution >= 4 is 5.91 Å². The van der Waals surface area contributed by atoms with Crippen LogP contribution in [-0.2, 0) is 35.0 Å². The van der Waals surface area contributed by atoms with E-state index in [1.165, 1.54) is 0 Å². The molecule has 1 aromatic carbocycles. The third-order valence-corrected chi connectivity index (χ3v) is 4.72. The van der Waals surface area contributed by atoms with E-state index >= 15 is 0 Å². The molecule has 5 atom stereocenters. The fraction of sp³-hybridized carbons (Fsp3) is 0.632. The van der Waals surface area contributed by atoms with Crippen LogP contribution in [0.5, 0.6) is 0 Å². The molecule has 0 aliphatic carbocycles. The van der Waals surface area contributed by atoms with Crippen molar-refractivity contribution in [3.8, 4) is 0 Å². The van der Waals surface area contributed by atoms with Crippen molar-refractivity contribution in [3.05, 3.63) is 35.9 Å². The summed E-state index contributed by atoms with van der Waals surface area (Å²) in [7, 11) is 0. The van der Waals surface area contributed by atoms with Crippen molar-refractivity contribution in [2.45, 2.75) is 76.5 Å². The Hall–Kier alpha value is -1.51. The molecule has 1 N–H and O–H groups in total. The molecule has 3 aliphatic rings. The first-order chi connectivity index (χ1) is 12.2. The molecule has 3 heterocycles. The maximum absolute atomic E-state index is 12.8. The Morgan fingerprint density at radius 3 is 2.27 bits per heavy atom. The van der Waals surface area contributed by atoms with E-state index < -0.39 is 42.3 Å². The first-order valence-corrected chi connectivity index (χ1v) is 8.92. The van der Waals surface area contributed by atoms with E-state index in [2.05, 4.69) is 5.32 Å². The number of hydrogen-bond donors (Lipinski definition) is 1. The van der Waals surface area contributed by atoms with Crippen molar-refractivity contribution in [2.24, 2.45) is 0 Å². The van der Waals surface area contributed by atoms with Gasteiger partial charge in [-0.2, -0.15) is 0 Å². The standard InChI is InChI=1S/C19H25NO6/c1-18(2)23-12-13(24-18)15-17(26-19(3,4)25-15)22-14(12)16(21)20-10-11-8-6-5-7-9-11/h5-9,12-15,17H,10H2,1-4H3,(H,20,21)/t12-,13-,14+,15+,17+/m1/s1. The van der Waals surface area contributed by atoms with Crippen LogP contribution < -0.4 is 5.32 Å². The van der Waals surface area contributed by atoms with E-state index in [0.29, 0.717) is 6.54 Å². The van der Waals surface area contributed by atoms with Gasteiger partial charge >= 0.3 is 0 Å². The highest BCUT2D eigenvalue weighted by Gasteiger charge is 2.62. The Bertz CT molecular complexity index is 676. The van der Waals surface area contributed by atoms with Crippen molar-refractivity contribution in [1.82, 2.24) is 5.32 Å². The van der Waals surface area contributed by atoms with Crippen LogP contribution in [-0.4, -0.2) is 48.2 Å². The van der Waals surface area contributed by atoms with E-state index in [-0.39, 0.29) is 5.91 Å². The summed E-state index contributed by atoms with van der Waals surface area (Å²) in [6, 6.07) is 9.71. The maximum atomic E-state index is 12.8. The third kappa shape index (κ3) is 3.37. The predicted octanol–water partition coefficient (Wildman–Crippen LogP) is 1.70. The van der Waals surface area contributed by atoms with Gasteiger partial charge in [-0.1, -0.05) is 30.3 Å². The van der Waals surface area contributed by atoms with Crippen LogP contribution in [0.25, 0.3) is 0 Å². The number of ether oxygens (including phenoxy) is 5. The number of carbonyl (C=O) groups excluding carboxylic acids is 1. The molecule has 0 unspecified atom stereocenters. The summed E-state index contributed by atoms with van der Waals surface area (Å²) in [5.74, 6) is -1.87. The van der Waals surface area contributed by atoms with E-state index in [1.54, 1.807) is 0 Å². The van der Waals surface area contributed by atoms with Gasteiger partial charge in [0.15, 0.2) is 24.0 Å². The number of fused-ring (bicyclic) bond motifs is 3. The average molecular weight is 363 g/mol. The molecule has 7 nitrogen and oxygen atoms in total. The van der Waals surface area contributed by atoms with Gasteiger partial charge in [0, 0.05) is 6.54 Å². The molecule has 0 bridgehead atoms. The van der Waals surface area contributed by atoms with Crippen LogP contribution in [0.2, 0.25) is 0 Å². The van der Waals surface area contributed by atoms with E-state index in [4.69, 9.17) is 23.7 Å². The summed E-state index contributed by atoms with van der Waals surface area (Å²) in [5.41, 5.74) is 1.01. The first kappa shape index (κ1) is 17.9. The Morgan fingerprint density at radius 2 is 1.54 bits per heavy atom. The number of amides is 1. The van der Waals surface area contributed by atoms with Gasteiger partial charge in [-0.25, -0.2) is 0 Å². The van der Waals surface area contributed by atoms with Crippen LogP contribution >= 0.6 is 0 Å². The molecule has 3 fully saturated rings. The minimum Gasteiger partial charge on any atom is -0.350 e. The van der Waals surface area contributed by atoms with Gasteiger partial charge in [0.25, 0.3) is 5.91 Å². The number of nitrogens with one attached hydrogen (secondary N) is 1. The van der Waals surface area contributed by atoms with Crippen molar-refractivity contribution in [2.75, 3.05) is 0 Å². The zero-order valence-electron chi connectivity index (χ0n) is 15.4. The number of benzene rings is 1. The average Bonchev–Trinajstić information content (AvgIpc) is 3.06. The summed E-state index contributed by atoms with van der Waals surface area (Å²) in [6.45, 7) is 7.68. The number of hydrogen-bond acceptors (Lipinski definition) is 6. The molecule has 0 radical (unpaired) electrons. The predicted molar refractivity (Wildman–Crippen MR) is 90.8 cm³/mol. The SMILES string of the molecule is CC1(C)O[C@@H]2O[C@H](C(=O)NCc3ccccc3)[C@@H]3OC(C)(C)O[C@H]3[C@@H]2O1. The quantitative estimate of drug-likeness (QED) is 0.881. The Balaban J connectivity index is 1.51. The summed E-state index contributed by atoms with van der Waals surface area (Å²) < 4.78 is 29.7. The zero-order chi connectivity index (χ0) is 18.5. The molecular weight excluding hydrogens is 338 g/mol. The van der Waals surface area contributed by atoms with Gasteiger partial charge in [-0.15, -0.1) is 0 Å². The number of rotatable bonds is 3. The monoisotopic (exact) mass is 363 g/mol. The van der Waals surface area contributed by atoms with E-state index in [9.17, 15) is 4.79 Å². The van der Waals surface area contributed by atoms with Crippen LogP contribution in [0.3, 0.4) is 0 Å². The molecule has 0 saturated carbocycles. The summed E-state index contributed by atoms with van der Waals surface area (Å²) in [5, 5.41) is 2.91. The molecule has 142 valence electrons. The van der Waals surface area contributed by atoms with Crippen molar-refractivity contribution in [3.63, 3.8) is 0 Å². The van der Waals surface area contributed by atoms with Crippen LogP contribution in [0.1, 0.15) is 33.3 Å². The fourth-order valence-corrected chi connectivity index (χ4v) is 3.71. The van der Waals surface area contributed by atoms with Gasteiger partial charge in [-0.3, -0.25) is 4.79 Å². The largest absolute Gasteiger partial charge is 0.350 e. The van der Waals surface area contributed by atoms with Gasteiger partial charge in [0.05, 0.1) is 0 Å². The Labute approximate surface area is 152 Å². The lowest BCUT2D eigenvalue weighted by Crippen LogP contribution is -2.59. The van der Waals surface area contributed by atoms with Crippen LogP contribution in [0.4, 0.5) is 0 Å². The molecule has 0 spiro atoms. The van der Waals surface area contributed by atoms with E-state index in [0.717, 1.165) is 5.56 Å². The molecule has 3 aliphatic heterocycles. The Morgan fingerprint density at radius 1 is 0.923 bits per heavy atom. The van der Waals surface area contributed by atoms with Crippen molar-refractivity contribution < 1.29 is 28.5 Å². The van der Waals surface area contributed by atoms with Gasteiger partial charge < -0.3 is 29.0 Å². The first-order valence-electron chi connectivity index (χ1n) is 8.92. The third-order valence-electron chi connectivity index (χ3n) is 4.72. The van der Waals surface area contributed by atoms with Crippen LogP contribution in [0.15, 0.2) is 30.3 Å². The zero-order valence-corrected chi connectivity index (χ0v) is 15.4. The lowest BCUT2D eigenvalue weighted by Gasteiger charge is -2.36. The highest BCUT2D eigenvalue weighted by Crippen LogP contribution is 2.44. The lowest BCUT2D eigenvalue weighted by molar-refractivity contribution is -0.231. The highest BCUT2D eigenvalue weighted by molar-refractivity contribution is 5.81. The van der Waals surface area contributed by atoms with E-state index in [1.807, 2.05) is 58.0 Å². The minimum absolute atomic E-state index is 0.253. The normalized spacial score (nSPS) is 37.0. The second-order valence-electron chi connectivity index (χ2n) is 7.79. The van der Waals surface area contributed by atoms with Crippen LogP contribution in [0, 0.1) is 0 Å². The van der Waals surface area contributed by atoms with Gasteiger partial charge in [0.1, 0.15) is 18.3 Å². The lowest BCUT2D eigenvalue weighted by atomic mass is 9.98. The highest BCUT2D eigenvalue weighted by atomic mass is 16.9. The summed E-state index contributed by atoms with van der Waals surface area (Å²) in [4.78, 5) is 12.8. The van der Waals surface area contributed by atoms with Crippen molar-refractivity contribution in [1.29, 1.82) is 0 Å². The topological polar surface area (TPSA) is 75.3 Å². The molecule has 3 saturated heterocycles. The molecule has 1 aromatic rings. The second kappa shape index (κ2) is 6.28. The minimum atomic E-state index is -0.829. The molecule has 0 aromatic heterocycles. The van der Waals surface area contributed by atoms with Gasteiger partial charge in [0.2, 0.25) is 0 Å². The maximum Gasteiger partial charge on any atom is 0.252 e. The summed E-state index contributed by atoms with van der Waals surface area (Å²) in [6.07, 6.45) is -2.92. The molecular formula is C19H25NO6.